The molecule has 2 heterocycles. The van der Waals surface area contributed by atoms with Gasteiger partial charge in [-0.3, -0.25) is 24.2 Å². The van der Waals surface area contributed by atoms with Crippen LogP contribution in [0.3, 0.4) is 0 Å². The minimum atomic E-state index is -4.79. The first-order valence-corrected chi connectivity index (χ1v) is 14.0. The summed E-state index contributed by atoms with van der Waals surface area (Å²) in [6.07, 6.45) is -1.60. The van der Waals surface area contributed by atoms with Crippen molar-refractivity contribution >= 4 is 40.8 Å². The molecule has 2 aromatic rings. The van der Waals surface area contributed by atoms with Gasteiger partial charge in [-0.05, 0) is 61.6 Å². The number of carbonyl (C=O) groups excluding carboxylic acids is 4. The van der Waals surface area contributed by atoms with Crippen molar-refractivity contribution in [3.8, 4) is 11.5 Å². The first kappa shape index (κ1) is 29.6. The summed E-state index contributed by atoms with van der Waals surface area (Å²) in [5, 5.41) is 11.7. The van der Waals surface area contributed by atoms with Gasteiger partial charge in [-0.2, -0.15) is 18.2 Å². The number of rotatable bonds is 4. The zero-order valence-corrected chi connectivity index (χ0v) is 24.4. The van der Waals surface area contributed by atoms with Gasteiger partial charge in [0.2, 0.25) is 0 Å². The number of hydrazine groups is 1. The summed E-state index contributed by atoms with van der Waals surface area (Å²) in [7, 11) is 2.61. The van der Waals surface area contributed by atoms with E-state index in [-0.39, 0.29) is 57.6 Å². The molecule has 1 saturated heterocycles. The zero-order valence-electron chi connectivity index (χ0n) is 23.6. The number of ether oxygens (including phenoxy) is 1. The molecule has 0 saturated carbocycles. The molecule has 1 fully saturated rings. The highest BCUT2D eigenvalue weighted by molar-refractivity contribution is 6.33. The molecule has 9 nitrogen and oxygen atoms in total. The number of allylic oxidation sites excluding steroid dienone is 6. The van der Waals surface area contributed by atoms with Crippen LogP contribution in [0.4, 0.5) is 19.0 Å². The summed E-state index contributed by atoms with van der Waals surface area (Å²) in [6.45, 7) is 1.55. The predicted octanol–water partition coefficient (Wildman–Crippen LogP) is 4.95. The molecular formula is C31H25ClF3N3O6. The van der Waals surface area contributed by atoms with E-state index in [9.17, 15) is 37.5 Å². The van der Waals surface area contributed by atoms with Gasteiger partial charge in [-0.25, -0.2) is 4.98 Å². The van der Waals surface area contributed by atoms with Crippen LogP contribution >= 0.6 is 11.6 Å². The molecule has 4 aliphatic rings. The number of halogens is 4. The van der Waals surface area contributed by atoms with E-state index in [2.05, 4.69) is 4.98 Å². The van der Waals surface area contributed by atoms with Crippen LogP contribution in [0.5, 0.6) is 11.5 Å². The van der Waals surface area contributed by atoms with E-state index in [1.165, 1.54) is 26.3 Å². The van der Waals surface area contributed by atoms with Crippen molar-refractivity contribution in [2.75, 3.05) is 19.2 Å². The number of imide groups is 1. The average Bonchev–Trinajstić information content (AvgIpc) is 3.24. The Morgan fingerprint density at radius 3 is 2.50 bits per heavy atom. The Morgan fingerprint density at radius 1 is 1.09 bits per heavy atom. The molecule has 1 N–H and O–H groups in total. The second-order valence-corrected chi connectivity index (χ2v) is 11.6. The standard InChI is InChI=1S/C31H25ClF3N3O6/c1-13-10-21(40)18-12-17-15(24(26(18)27(13)41)14-4-8-20(39)22(11-14)44-3)5-6-16-25(17)30(43)38(29(16)42)37(2)28-19(32)7-9-23(36-28)31(33,34)35/h4-5,7-11,16-17,24-25,39H,6,12H2,1-3H3/t16-,17+,24-,25-/m0/s1. The monoisotopic (exact) mass is 627 g/mol. The van der Waals surface area contributed by atoms with Crippen LogP contribution in [0.1, 0.15) is 36.9 Å². The van der Waals surface area contributed by atoms with Crippen molar-refractivity contribution in [2.24, 2.45) is 17.8 Å². The number of phenols is 1. The lowest BCUT2D eigenvalue weighted by Crippen LogP contribution is -2.46. The number of hydrogen-bond acceptors (Lipinski definition) is 8. The number of pyridine rings is 1. The Kier molecular flexibility index (Phi) is 6.95. The van der Waals surface area contributed by atoms with Crippen LogP contribution in [0.2, 0.25) is 5.02 Å². The van der Waals surface area contributed by atoms with Crippen LogP contribution in [0.25, 0.3) is 0 Å². The molecule has 2 amide bonds. The topological polar surface area (TPSA) is 117 Å². The van der Waals surface area contributed by atoms with Crippen LogP contribution < -0.4 is 9.75 Å². The Labute approximate surface area is 254 Å². The van der Waals surface area contributed by atoms with Crippen LogP contribution in [0, 0.1) is 17.8 Å². The molecule has 6 rings (SSSR count). The second-order valence-electron chi connectivity index (χ2n) is 11.2. The lowest BCUT2D eigenvalue weighted by molar-refractivity contribution is -0.141. The second kappa shape index (κ2) is 10.3. The Bertz CT molecular complexity index is 1760. The number of aromatic hydroxyl groups is 1. The van der Waals surface area contributed by atoms with Crippen LogP contribution in [0.15, 0.2) is 64.8 Å². The number of methoxy groups -OCH3 is 1. The van der Waals surface area contributed by atoms with Gasteiger partial charge in [-0.15, -0.1) is 0 Å². The average molecular weight is 628 g/mol. The van der Waals surface area contributed by atoms with Gasteiger partial charge in [0.25, 0.3) is 11.8 Å². The number of amides is 2. The number of alkyl halides is 3. The van der Waals surface area contributed by atoms with E-state index in [4.69, 9.17) is 16.3 Å². The number of ketones is 2. The first-order chi connectivity index (χ1) is 20.7. The van der Waals surface area contributed by atoms with E-state index in [1.54, 1.807) is 25.1 Å². The smallest absolute Gasteiger partial charge is 0.433 e. The minimum absolute atomic E-state index is 0.0154. The maximum atomic E-state index is 14.1. The number of aromatic nitrogens is 1. The van der Waals surface area contributed by atoms with Crippen molar-refractivity contribution in [1.29, 1.82) is 0 Å². The molecule has 1 aromatic carbocycles. The molecule has 44 heavy (non-hydrogen) atoms. The van der Waals surface area contributed by atoms with Gasteiger partial charge in [0, 0.05) is 29.7 Å². The molecule has 1 aromatic heterocycles. The van der Waals surface area contributed by atoms with Crippen molar-refractivity contribution < 1.29 is 42.2 Å². The van der Waals surface area contributed by atoms with Crippen molar-refractivity contribution in [1.82, 2.24) is 9.99 Å². The van der Waals surface area contributed by atoms with Crippen molar-refractivity contribution in [2.45, 2.75) is 31.9 Å². The third-order valence-corrected chi connectivity index (χ3v) is 9.10. The summed E-state index contributed by atoms with van der Waals surface area (Å²) in [5.41, 5.74) is 0.733. The molecule has 13 heteroatoms. The Morgan fingerprint density at radius 2 is 1.82 bits per heavy atom. The molecule has 0 unspecified atom stereocenters. The Hall–Kier alpha value is -4.45. The van der Waals surface area contributed by atoms with E-state index in [0.29, 0.717) is 17.2 Å². The summed E-state index contributed by atoms with van der Waals surface area (Å²) < 4.78 is 45.6. The van der Waals surface area contributed by atoms with Crippen LogP contribution in [-0.2, 0) is 25.4 Å². The molecular weight excluding hydrogens is 603 g/mol. The quantitative estimate of drug-likeness (QED) is 0.288. The van der Waals surface area contributed by atoms with Crippen LogP contribution in [-0.4, -0.2) is 52.6 Å². The molecule has 0 bridgehead atoms. The highest BCUT2D eigenvalue weighted by atomic mass is 35.5. The van der Waals surface area contributed by atoms with Gasteiger partial charge in [-0.1, -0.05) is 29.3 Å². The van der Waals surface area contributed by atoms with Gasteiger partial charge >= 0.3 is 6.18 Å². The number of benzene rings is 1. The fourth-order valence-electron chi connectivity index (χ4n) is 6.80. The lowest BCUT2D eigenvalue weighted by Gasteiger charge is -2.42. The van der Waals surface area contributed by atoms with E-state index in [1.807, 2.05) is 0 Å². The number of fused-ring (bicyclic) bond motifs is 3. The van der Waals surface area contributed by atoms with Crippen molar-refractivity contribution in [3.05, 3.63) is 81.1 Å². The predicted molar refractivity (Wildman–Crippen MR) is 150 cm³/mol. The highest BCUT2D eigenvalue weighted by Crippen LogP contribution is 2.56. The van der Waals surface area contributed by atoms with Gasteiger partial charge < -0.3 is 9.84 Å². The van der Waals surface area contributed by atoms with E-state index in [0.717, 1.165) is 16.1 Å². The summed E-state index contributed by atoms with van der Waals surface area (Å²) in [5.74, 6) is -5.72. The fraction of sp³-hybridized carbons (Fsp3) is 0.323. The molecule has 228 valence electrons. The number of Topliss-reactive ketones (excluding diaryl/α,β-unsaturated/α-hetero) is 1. The van der Waals surface area contributed by atoms with Gasteiger partial charge in [0.15, 0.2) is 28.9 Å². The van der Waals surface area contributed by atoms with Gasteiger partial charge in [0.05, 0.1) is 24.0 Å². The van der Waals surface area contributed by atoms with E-state index >= 15 is 0 Å². The molecule has 0 spiro atoms. The molecule has 1 aliphatic heterocycles. The largest absolute Gasteiger partial charge is 0.504 e. The highest BCUT2D eigenvalue weighted by Gasteiger charge is 2.57. The minimum Gasteiger partial charge on any atom is -0.504 e. The number of anilines is 1. The fourth-order valence-corrected chi connectivity index (χ4v) is 7.03. The molecule has 3 aliphatic carbocycles. The number of carbonyl (C=O) groups is 4. The van der Waals surface area contributed by atoms with Gasteiger partial charge in [0.1, 0.15) is 5.69 Å². The molecule has 4 atom stereocenters. The normalized spacial score (nSPS) is 24.9. The first-order valence-electron chi connectivity index (χ1n) is 13.7. The number of nitrogens with zero attached hydrogens (tertiary/aromatic N) is 3. The van der Waals surface area contributed by atoms with Crippen molar-refractivity contribution in [3.63, 3.8) is 0 Å². The maximum Gasteiger partial charge on any atom is 0.433 e. The SMILES string of the molecule is COc1cc([C@H]2C3=CC[C@@H]4C(=O)N(N(C)c5nc(C(F)(F)F)ccc5Cl)C(=O)[C@@H]4[C@@H]3CC3=C2C(=O)C(C)=CC3=O)ccc1O. The third kappa shape index (κ3) is 4.42. The molecule has 0 radical (unpaired) electrons. The lowest BCUT2D eigenvalue weighted by atomic mass is 9.59. The summed E-state index contributed by atoms with van der Waals surface area (Å²) in [4.78, 5) is 58.2. The number of phenolic OH excluding ortho intramolecular Hbond substituents is 1. The Balaban J connectivity index is 1.44. The maximum absolute atomic E-state index is 14.1. The summed E-state index contributed by atoms with van der Waals surface area (Å²) in [6, 6.07) is 6.28. The third-order valence-electron chi connectivity index (χ3n) is 8.80. The zero-order chi connectivity index (χ0) is 31.8. The number of hydrogen-bond donors (Lipinski definition) is 1. The van der Waals surface area contributed by atoms with E-state index < -0.39 is 53.2 Å². The summed E-state index contributed by atoms with van der Waals surface area (Å²) >= 11 is 6.18.